The molecule has 3 rings (SSSR count). The van der Waals surface area contributed by atoms with Gasteiger partial charge in [0.2, 0.25) is 0 Å². The van der Waals surface area contributed by atoms with Crippen molar-refractivity contribution in [3.63, 3.8) is 0 Å². The van der Waals surface area contributed by atoms with Gasteiger partial charge in [-0.15, -0.1) is 0 Å². The lowest BCUT2D eigenvalue weighted by Crippen LogP contribution is -2.36. The van der Waals surface area contributed by atoms with Crippen molar-refractivity contribution in [2.45, 2.75) is 42.5 Å². The number of fused-ring (bicyclic) bond motifs is 1. The summed E-state index contributed by atoms with van der Waals surface area (Å²) in [5.41, 5.74) is 1.04. The highest BCUT2D eigenvalue weighted by molar-refractivity contribution is 7.99. The molecule has 1 aromatic carbocycles. The van der Waals surface area contributed by atoms with E-state index in [2.05, 4.69) is 9.80 Å². The van der Waals surface area contributed by atoms with Crippen molar-refractivity contribution >= 4 is 11.8 Å². The van der Waals surface area contributed by atoms with Gasteiger partial charge in [-0.25, -0.2) is 0 Å². The fourth-order valence-corrected chi connectivity index (χ4v) is 4.15. The zero-order chi connectivity index (χ0) is 14.7. The van der Waals surface area contributed by atoms with Gasteiger partial charge in [0.15, 0.2) is 0 Å². The number of hydrogen-bond acceptors (Lipinski definition) is 3. The molecule has 0 aliphatic carbocycles. The smallest absolute Gasteiger partial charge is 0.288 e. The molecular weight excluding hydrogens is 290 g/mol. The zero-order valence-electron chi connectivity index (χ0n) is 12.2. The Morgan fingerprint density at radius 3 is 2.81 bits per heavy atom. The van der Waals surface area contributed by atoms with E-state index in [-0.39, 0.29) is 0 Å². The van der Waals surface area contributed by atoms with Crippen molar-refractivity contribution < 1.29 is 8.78 Å². The molecule has 2 nitrogen and oxygen atoms in total. The molecular formula is C16H22F2N2S. The van der Waals surface area contributed by atoms with Crippen LogP contribution in [0.15, 0.2) is 29.2 Å². The lowest BCUT2D eigenvalue weighted by atomic mass is 10.1. The van der Waals surface area contributed by atoms with E-state index in [1.54, 1.807) is 0 Å². The van der Waals surface area contributed by atoms with Crippen LogP contribution in [0.25, 0.3) is 0 Å². The van der Waals surface area contributed by atoms with Gasteiger partial charge in [0.1, 0.15) is 0 Å². The number of hydrogen-bond donors (Lipinski definition) is 0. The maximum atomic E-state index is 12.7. The highest BCUT2D eigenvalue weighted by Crippen LogP contribution is 2.30. The first kappa shape index (κ1) is 15.3. The summed E-state index contributed by atoms with van der Waals surface area (Å²) in [7, 11) is 0. The number of halogens is 2. The Morgan fingerprint density at radius 1 is 1.14 bits per heavy atom. The van der Waals surface area contributed by atoms with Crippen molar-refractivity contribution in [1.29, 1.82) is 0 Å². The quantitative estimate of drug-likeness (QED) is 0.783. The molecule has 5 heteroatoms. The summed E-state index contributed by atoms with van der Waals surface area (Å²) in [4.78, 5) is 5.76. The second-order valence-electron chi connectivity index (χ2n) is 5.91. The summed E-state index contributed by atoms with van der Waals surface area (Å²) in [6.07, 6.45) is 3.76. The predicted octanol–water partition coefficient (Wildman–Crippen LogP) is 3.67. The molecule has 2 aliphatic rings. The Morgan fingerprint density at radius 2 is 1.95 bits per heavy atom. The Balaban J connectivity index is 1.68. The zero-order valence-corrected chi connectivity index (χ0v) is 13.0. The average molecular weight is 312 g/mol. The Hall–Kier alpha value is -0.650. The first-order valence-electron chi connectivity index (χ1n) is 7.71. The minimum Gasteiger partial charge on any atom is -0.299 e. The fourth-order valence-electron chi connectivity index (χ4n) is 3.51. The highest BCUT2D eigenvalue weighted by atomic mass is 32.2. The van der Waals surface area contributed by atoms with E-state index in [1.807, 2.05) is 24.3 Å². The summed E-state index contributed by atoms with van der Waals surface area (Å²) in [5, 5.41) is 0. The fraction of sp³-hybridized carbons (Fsp3) is 0.625. The topological polar surface area (TPSA) is 6.48 Å². The van der Waals surface area contributed by atoms with Gasteiger partial charge < -0.3 is 0 Å². The largest absolute Gasteiger partial charge is 0.299 e. The van der Waals surface area contributed by atoms with Crippen molar-refractivity contribution in [2.75, 3.05) is 26.2 Å². The summed E-state index contributed by atoms with van der Waals surface area (Å²) in [6.45, 7) is 5.36. The summed E-state index contributed by atoms with van der Waals surface area (Å²) < 4.78 is 25.3. The van der Waals surface area contributed by atoms with Gasteiger partial charge in [0.25, 0.3) is 5.76 Å². The maximum absolute atomic E-state index is 12.7. The van der Waals surface area contributed by atoms with Crippen LogP contribution in [0, 0.1) is 0 Å². The molecule has 2 saturated heterocycles. The van der Waals surface area contributed by atoms with Crippen LogP contribution in [-0.4, -0.2) is 47.8 Å². The van der Waals surface area contributed by atoms with E-state index in [1.165, 1.54) is 32.4 Å². The first-order chi connectivity index (χ1) is 10.2. The van der Waals surface area contributed by atoms with Gasteiger partial charge >= 0.3 is 0 Å². The average Bonchev–Trinajstić information content (AvgIpc) is 2.79. The highest BCUT2D eigenvalue weighted by Gasteiger charge is 2.28. The maximum Gasteiger partial charge on any atom is 0.288 e. The molecule has 0 saturated carbocycles. The molecule has 2 aliphatic heterocycles. The van der Waals surface area contributed by atoms with Crippen molar-refractivity contribution in [2.24, 2.45) is 0 Å². The monoisotopic (exact) mass is 312 g/mol. The van der Waals surface area contributed by atoms with Crippen LogP contribution in [0.1, 0.15) is 24.8 Å². The standard InChI is InChI=1S/C16H22F2N2S/c17-16(18)21-15-7-2-1-5-13(15)11-19-8-4-10-20-9-3-6-14(20)12-19/h1-2,5,7,14,16H,3-4,6,8-12H2/t14-/m0/s1. The van der Waals surface area contributed by atoms with Crippen LogP contribution in [0.2, 0.25) is 0 Å². The molecule has 0 amide bonds. The van der Waals surface area contributed by atoms with E-state index in [4.69, 9.17) is 0 Å². The molecule has 0 bridgehead atoms. The van der Waals surface area contributed by atoms with Gasteiger partial charge in [0.05, 0.1) is 0 Å². The van der Waals surface area contributed by atoms with Crippen LogP contribution in [0.5, 0.6) is 0 Å². The molecule has 21 heavy (non-hydrogen) atoms. The van der Waals surface area contributed by atoms with Crippen LogP contribution in [0.4, 0.5) is 8.78 Å². The third-order valence-corrected chi connectivity index (χ3v) is 5.30. The van der Waals surface area contributed by atoms with Crippen molar-refractivity contribution in [1.82, 2.24) is 9.80 Å². The molecule has 0 aromatic heterocycles. The third kappa shape index (κ3) is 3.96. The first-order valence-corrected chi connectivity index (χ1v) is 8.59. The number of nitrogens with zero attached hydrogens (tertiary/aromatic N) is 2. The lowest BCUT2D eigenvalue weighted by molar-refractivity contribution is 0.214. The Kier molecular flexibility index (Phi) is 5.14. The Labute approximate surface area is 129 Å². The van der Waals surface area contributed by atoms with Gasteiger partial charge in [-0.2, -0.15) is 8.78 Å². The van der Waals surface area contributed by atoms with Crippen molar-refractivity contribution in [3.8, 4) is 0 Å². The van der Waals surface area contributed by atoms with Gasteiger partial charge in [0, 0.05) is 24.0 Å². The van der Waals surface area contributed by atoms with Crippen molar-refractivity contribution in [3.05, 3.63) is 29.8 Å². The second kappa shape index (κ2) is 7.07. The molecule has 0 radical (unpaired) electrons. The van der Waals surface area contributed by atoms with Gasteiger partial charge in [-0.05, 0) is 50.5 Å². The van der Waals surface area contributed by atoms with E-state index in [9.17, 15) is 8.78 Å². The van der Waals surface area contributed by atoms with Crippen LogP contribution in [0.3, 0.4) is 0 Å². The van der Waals surface area contributed by atoms with E-state index in [0.29, 0.717) is 17.8 Å². The number of rotatable bonds is 4. The van der Waals surface area contributed by atoms with Gasteiger partial charge in [-0.1, -0.05) is 30.0 Å². The molecule has 2 heterocycles. The van der Waals surface area contributed by atoms with Crippen LogP contribution < -0.4 is 0 Å². The normalized spacial score (nSPS) is 24.2. The van der Waals surface area contributed by atoms with Gasteiger partial charge in [-0.3, -0.25) is 9.80 Å². The molecule has 1 atom stereocenters. The SMILES string of the molecule is FC(F)Sc1ccccc1CN1CCCN2CCC[C@H]2C1. The van der Waals surface area contributed by atoms with Crippen LogP contribution in [-0.2, 0) is 6.54 Å². The summed E-state index contributed by atoms with van der Waals surface area (Å²) >= 11 is 0.668. The third-order valence-electron chi connectivity index (χ3n) is 4.47. The predicted molar refractivity (Wildman–Crippen MR) is 82.8 cm³/mol. The van der Waals surface area contributed by atoms with E-state index in [0.717, 1.165) is 30.1 Å². The number of alkyl halides is 2. The lowest BCUT2D eigenvalue weighted by Gasteiger charge is -2.26. The van der Waals surface area contributed by atoms with E-state index >= 15 is 0 Å². The number of benzene rings is 1. The number of thioether (sulfide) groups is 1. The molecule has 2 fully saturated rings. The van der Waals surface area contributed by atoms with E-state index < -0.39 is 5.76 Å². The second-order valence-corrected chi connectivity index (χ2v) is 6.94. The molecule has 116 valence electrons. The minimum atomic E-state index is -2.35. The molecule has 0 spiro atoms. The molecule has 0 unspecified atom stereocenters. The summed E-state index contributed by atoms with van der Waals surface area (Å²) in [6, 6.07) is 8.26. The van der Waals surface area contributed by atoms with Crippen LogP contribution >= 0.6 is 11.8 Å². The summed E-state index contributed by atoms with van der Waals surface area (Å²) in [5.74, 6) is -2.35. The Bertz CT molecular complexity index is 469. The molecule has 0 N–H and O–H groups in total. The molecule has 1 aromatic rings. The minimum absolute atomic E-state index is 0.668.